The zero-order valence-electron chi connectivity index (χ0n) is 12.7. The van der Waals surface area contributed by atoms with E-state index in [-0.39, 0.29) is 5.41 Å². The third-order valence-corrected chi connectivity index (χ3v) is 5.88. The van der Waals surface area contributed by atoms with Gasteiger partial charge in [-0.3, -0.25) is 0 Å². The largest absolute Gasteiger partial charge is 0.493 e. The van der Waals surface area contributed by atoms with Gasteiger partial charge in [-0.15, -0.1) is 0 Å². The third-order valence-electron chi connectivity index (χ3n) is 5.88. The molecule has 2 aliphatic carbocycles. The van der Waals surface area contributed by atoms with Crippen LogP contribution in [0.1, 0.15) is 44.2 Å². The maximum Gasteiger partial charge on any atom is 0.164 e. The summed E-state index contributed by atoms with van der Waals surface area (Å²) in [5.41, 5.74) is 3.28. The summed E-state index contributed by atoms with van der Waals surface area (Å²) < 4.78 is 11.2. The molecule has 0 aliphatic heterocycles. The van der Waals surface area contributed by atoms with Gasteiger partial charge in [0.2, 0.25) is 0 Å². The third kappa shape index (κ3) is 1.55. The minimum absolute atomic E-state index is 0.225. The molecule has 0 N–H and O–H groups in total. The molecule has 2 saturated carbocycles. The van der Waals surface area contributed by atoms with Gasteiger partial charge < -0.3 is 9.47 Å². The smallest absolute Gasteiger partial charge is 0.164 e. The topological polar surface area (TPSA) is 18.5 Å². The van der Waals surface area contributed by atoms with Crippen LogP contribution < -0.4 is 9.47 Å². The standard InChI is InChI=1S/C17H24O2/c1-11-8-13(15(19-5)14(9-11)18-4)16(2)7-6-12-10-17(12,16)3/h8-9,12H,6-7,10H2,1-5H3/t12?,16-,17?/m1/s1. The van der Waals surface area contributed by atoms with Gasteiger partial charge in [-0.05, 0) is 49.1 Å². The molecule has 0 spiro atoms. The van der Waals surface area contributed by atoms with Crippen LogP contribution in [0.15, 0.2) is 12.1 Å². The summed E-state index contributed by atoms with van der Waals surface area (Å²) in [5.74, 6) is 2.71. The highest BCUT2D eigenvalue weighted by Crippen LogP contribution is 2.73. The van der Waals surface area contributed by atoms with E-state index in [1.165, 1.54) is 30.4 Å². The highest BCUT2D eigenvalue weighted by molar-refractivity contribution is 5.54. The van der Waals surface area contributed by atoms with Crippen molar-refractivity contribution in [3.63, 3.8) is 0 Å². The lowest BCUT2D eigenvalue weighted by Crippen LogP contribution is -2.29. The molecule has 0 amide bonds. The van der Waals surface area contributed by atoms with Gasteiger partial charge in [-0.1, -0.05) is 19.9 Å². The normalized spacial score (nSPS) is 35.9. The van der Waals surface area contributed by atoms with E-state index in [4.69, 9.17) is 9.47 Å². The molecule has 0 aromatic heterocycles. The zero-order chi connectivity index (χ0) is 13.8. The van der Waals surface area contributed by atoms with Crippen molar-refractivity contribution in [1.29, 1.82) is 0 Å². The Labute approximate surface area is 116 Å². The quantitative estimate of drug-likeness (QED) is 0.815. The molecule has 3 atom stereocenters. The maximum absolute atomic E-state index is 5.69. The molecule has 0 heterocycles. The fourth-order valence-corrected chi connectivity index (χ4v) is 4.25. The molecule has 0 saturated heterocycles. The molecule has 3 rings (SSSR count). The summed E-state index contributed by atoms with van der Waals surface area (Å²) >= 11 is 0. The Morgan fingerprint density at radius 1 is 1.16 bits per heavy atom. The number of ether oxygens (including phenoxy) is 2. The predicted octanol–water partition coefficient (Wildman–Crippen LogP) is 4.09. The van der Waals surface area contributed by atoms with E-state index in [9.17, 15) is 0 Å². The minimum atomic E-state index is 0.225. The Kier molecular flexibility index (Phi) is 2.64. The van der Waals surface area contributed by atoms with Crippen molar-refractivity contribution in [3.05, 3.63) is 23.3 Å². The Hall–Kier alpha value is -1.18. The van der Waals surface area contributed by atoms with Crippen LogP contribution in [0.4, 0.5) is 0 Å². The number of benzene rings is 1. The van der Waals surface area contributed by atoms with E-state index in [1.807, 2.05) is 0 Å². The van der Waals surface area contributed by atoms with Crippen LogP contribution in [0, 0.1) is 18.3 Å². The lowest BCUT2D eigenvalue weighted by atomic mass is 9.70. The van der Waals surface area contributed by atoms with Gasteiger partial charge in [-0.2, -0.15) is 0 Å². The van der Waals surface area contributed by atoms with Gasteiger partial charge >= 0.3 is 0 Å². The van der Waals surface area contributed by atoms with Crippen LogP contribution in [0.2, 0.25) is 0 Å². The second-order valence-electron chi connectivity index (χ2n) is 6.74. The van der Waals surface area contributed by atoms with Crippen molar-refractivity contribution in [2.75, 3.05) is 14.2 Å². The fourth-order valence-electron chi connectivity index (χ4n) is 4.25. The molecule has 1 aromatic rings. The first-order valence-electron chi connectivity index (χ1n) is 7.19. The van der Waals surface area contributed by atoms with E-state index in [1.54, 1.807) is 14.2 Å². The van der Waals surface area contributed by atoms with Crippen LogP contribution in [0.5, 0.6) is 11.5 Å². The van der Waals surface area contributed by atoms with Crippen LogP contribution in [0.25, 0.3) is 0 Å². The SMILES string of the molecule is COc1cc(C)cc([C@@]2(C)CCC3CC32C)c1OC. The highest BCUT2D eigenvalue weighted by atomic mass is 16.5. The molecule has 2 heteroatoms. The molecule has 2 fully saturated rings. The average Bonchev–Trinajstić information content (AvgIpc) is 3.00. The lowest BCUT2D eigenvalue weighted by molar-refractivity contribution is 0.286. The second-order valence-corrected chi connectivity index (χ2v) is 6.74. The van der Waals surface area contributed by atoms with Crippen molar-refractivity contribution < 1.29 is 9.47 Å². The van der Waals surface area contributed by atoms with E-state index in [0.717, 1.165) is 17.4 Å². The van der Waals surface area contributed by atoms with E-state index >= 15 is 0 Å². The summed E-state index contributed by atoms with van der Waals surface area (Å²) in [6.07, 6.45) is 3.98. The van der Waals surface area contributed by atoms with Crippen molar-refractivity contribution >= 4 is 0 Å². The van der Waals surface area contributed by atoms with Crippen molar-refractivity contribution in [3.8, 4) is 11.5 Å². The Bertz CT molecular complexity index is 520. The Morgan fingerprint density at radius 3 is 2.37 bits per heavy atom. The van der Waals surface area contributed by atoms with Crippen LogP contribution in [0.3, 0.4) is 0 Å². The molecule has 0 radical (unpaired) electrons. The molecule has 2 aliphatic rings. The number of hydrogen-bond donors (Lipinski definition) is 0. The number of rotatable bonds is 3. The van der Waals surface area contributed by atoms with E-state index in [2.05, 4.69) is 32.9 Å². The van der Waals surface area contributed by atoms with Crippen LogP contribution in [-0.2, 0) is 5.41 Å². The second kappa shape index (κ2) is 3.91. The maximum atomic E-state index is 5.69. The van der Waals surface area contributed by atoms with Gasteiger partial charge in [0, 0.05) is 11.0 Å². The zero-order valence-corrected chi connectivity index (χ0v) is 12.7. The molecule has 1 aromatic carbocycles. The minimum Gasteiger partial charge on any atom is -0.493 e. The summed E-state index contributed by atoms with van der Waals surface area (Å²) in [6.45, 7) is 6.99. The molecule has 2 unspecified atom stereocenters. The van der Waals surface area contributed by atoms with Crippen molar-refractivity contribution in [1.82, 2.24) is 0 Å². The first kappa shape index (κ1) is 12.8. The summed E-state index contributed by atoms with van der Waals surface area (Å²) in [6, 6.07) is 4.36. The number of hydrogen-bond acceptors (Lipinski definition) is 2. The monoisotopic (exact) mass is 260 g/mol. The molecule has 19 heavy (non-hydrogen) atoms. The van der Waals surface area contributed by atoms with E-state index < -0.39 is 0 Å². The highest BCUT2D eigenvalue weighted by Gasteiger charge is 2.66. The van der Waals surface area contributed by atoms with Gasteiger partial charge in [0.1, 0.15) is 0 Å². The molecule has 0 bridgehead atoms. The predicted molar refractivity (Wildman–Crippen MR) is 77.1 cm³/mol. The number of fused-ring (bicyclic) bond motifs is 1. The van der Waals surface area contributed by atoms with Gasteiger partial charge in [0.05, 0.1) is 14.2 Å². The van der Waals surface area contributed by atoms with Gasteiger partial charge in [0.25, 0.3) is 0 Å². The van der Waals surface area contributed by atoms with Crippen molar-refractivity contribution in [2.24, 2.45) is 11.3 Å². The molecular weight excluding hydrogens is 236 g/mol. The summed E-state index contributed by atoms with van der Waals surface area (Å²) in [7, 11) is 3.47. The van der Waals surface area contributed by atoms with Crippen molar-refractivity contribution in [2.45, 2.75) is 45.4 Å². The molecule has 104 valence electrons. The number of methoxy groups -OCH3 is 2. The number of aryl methyl sites for hydroxylation is 1. The first-order valence-corrected chi connectivity index (χ1v) is 7.19. The van der Waals surface area contributed by atoms with E-state index in [0.29, 0.717) is 5.41 Å². The van der Waals surface area contributed by atoms with Gasteiger partial charge in [-0.25, -0.2) is 0 Å². The lowest BCUT2D eigenvalue weighted by Gasteiger charge is -2.35. The Balaban J connectivity index is 2.17. The average molecular weight is 260 g/mol. The van der Waals surface area contributed by atoms with Crippen LogP contribution in [-0.4, -0.2) is 14.2 Å². The summed E-state index contributed by atoms with van der Waals surface area (Å²) in [5, 5.41) is 0. The molecular formula is C17H24O2. The fraction of sp³-hybridized carbons (Fsp3) is 0.647. The van der Waals surface area contributed by atoms with Gasteiger partial charge in [0.15, 0.2) is 11.5 Å². The molecule has 2 nitrogen and oxygen atoms in total. The summed E-state index contributed by atoms with van der Waals surface area (Å²) in [4.78, 5) is 0. The van der Waals surface area contributed by atoms with Crippen LogP contribution >= 0.6 is 0 Å². The first-order chi connectivity index (χ1) is 8.96. The Morgan fingerprint density at radius 2 is 1.89 bits per heavy atom.